The zero-order chi connectivity index (χ0) is 38.9. The van der Waals surface area contributed by atoms with Gasteiger partial charge in [-0.25, -0.2) is 19.6 Å². The van der Waals surface area contributed by atoms with Crippen molar-refractivity contribution >= 4 is 24.1 Å². The average Bonchev–Trinajstić information content (AvgIpc) is 3.93. The Morgan fingerprint density at radius 1 is 0.648 bits per heavy atom. The van der Waals surface area contributed by atoms with Gasteiger partial charge in [-0.2, -0.15) is 0 Å². The van der Waals surface area contributed by atoms with Crippen molar-refractivity contribution in [1.29, 1.82) is 0 Å². The van der Waals surface area contributed by atoms with Gasteiger partial charge in [0.05, 0.1) is 12.2 Å². The van der Waals surface area contributed by atoms with Gasteiger partial charge in [-0.3, -0.25) is 0 Å². The van der Waals surface area contributed by atoms with Gasteiger partial charge in [0, 0.05) is 35.8 Å². The quantitative estimate of drug-likeness (QED) is 0.178. The second-order valence-electron chi connectivity index (χ2n) is 14.5. The van der Waals surface area contributed by atoms with Crippen LogP contribution in [-0.2, 0) is 18.9 Å². The minimum absolute atomic E-state index is 0.00877. The largest absolute Gasteiger partial charge is 0.457 e. The normalized spacial score (nSPS) is 30.5. The second kappa shape index (κ2) is 18.0. The van der Waals surface area contributed by atoms with Gasteiger partial charge in [0.25, 0.3) is 0 Å². The molecule has 5 heterocycles. The number of epoxide rings is 2. The summed E-state index contributed by atoms with van der Waals surface area (Å²) in [5.74, 6) is -0.902. The summed E-state index contributed by atoms with van der Waals surface area (Å²) >= 11 is 0. The number of cyclic esters (lactones) is 2. The lowest BCUT2D eigenvalue weighted by molar-refractivity contribution is -0.0461. The third kappa shape index (κ3) is 10.6. The number of rotatable bonds is 6. The zero-order valence-electron chi connectivity index (χ0n) is 31.5. The lowest BCUT2D eigenvalue weighted by atomic mass is 9.79. The third-order valence-corrected chi connectivity index (χ3v) is 9.67. The van der Waals surface area contributed by atoms with E-state index in [4.69, 9.17) is 27.8 Å². The number of carbonyl (C=O) groups excluding carboxylic acids is 2. The Hall–Kier alpha value is -4.88. The van der Waals surface area contributed by atoms with Crippen LogP contribution in [-0.4, -0.2) is 81.0 Å². The first-order chi connectivity index (χ1) is 25.8. The maximum Gasteiger partial charge on any atom is 0.360 e. The summed E-state index contributed by atoms with van der Waals surface area (Å²) in [4.78, 5) is 35.0. The first-order valence-electron chi connectivity index (χ1n) is 18.1. The number of carbonyl (C=O) groups is 2. The van der Waals surface area contributed by atoms with E-state index in [1.807, 2.05) is 78.0 Å². The minimum atomic E-state index is -0.874. The van der Waals surface area contributed by atoms with Gasteiger partial charge < -0.3 is 38.0 Å². The Kier molecular flexibility index (Phi) is 13.4. The number of ether oxygens (including phenoxy) is 4. The molecule has 8 unspecified atom stereocenters. The highest BCUT2D eigenvalue weighted by Gasteiger charge is 2.40. The van der Waals surface area contributed by atoms with Gasteiger partial charge in [0.15, 0.2) is 11.4 Å². The summed E-state index contributed by atoms with van der Waals surface area (Å²) in [6.07, 6.45) is 27.7. The van der Waals surface area contributed by atoms with E-state index in [2.05, 4.69) is 9.97 Å². The standard InChI is InChI=1S/C42H50N2O10/c1-7-15-33(45)41(3,4)35-21-13-19-31-29(51-31)17-9-12-24-38-44-28(26-50-38)40(48)54-36(42(5,6)34(46)16-8-2)22-14-20-32-30(52-32)18-10-11-23-37-43-27(25-49-37)39(47)53-35/h7-20,23-26,29-36,45-46H,21-22H2,1-6H3/b15-7+,16-8+,17-9-,18-10-,19-13-,20-14-,23-11-,24-12-. The molecule has 288 valence electrons. The van der Waals surface area contributed by atoms with E-state index in [9.17, 15) is 19.8 Å². The molecule has 3 aliphatic heterocycles. The van der Waals surface area contributed by atoms with Crippen molar-refractivity contribution < 1.29 is 47.6 Å². The first-order valence-corrected chi connectivity index (χ1v) is 18.1. The number of aliphatic hydroxyl groups is 2. The van der Waals surface area contributed by atoms with Crippen LogP contribution in [0.5, 0.6) is 0 Å². The predicted molar refractivity (Wildman–Crippen MR) is 202 cm³/mol. The molecule has 3 aliphatic rings. The summed E-state index contributed by atoms with van der Waals surface area (Å²) in [7, 11) is 0. The van der Waals surface area contributed by atoms with Crippen molar-refractivity contribution in [3.05, 3.63) is 121 Å². The molecule has 0 spiro atoms. The highest BCUT2D eigenvalue weighted by molar-refractivity contribution is 5.87. The number of hydrogen-bond acceptors (Lipinski definition) is 12. The number of esters is 2. The fourth-order valence-corrected chi connectivity index (χ4v) is 5.73. The molecular weight excluding hydrogens is 692 g/mol. The predicted octanol–water partition coefficient (Wildman–Crippen LogP) is 6.92. The molecule has 0 saturated carbocycles. The SMILES string of the molecule is C/C=C/C(O)C(C)(C)C1C/C=C\C2OC2/C=C\C=C/c2nc(co2)C(=O)OC(C(C)(C)C(O)/C=C/C)C/C=C\C2OC2/C=C\C=C/c2nc(co2)C(=O)O1. The van der Waals surface area contributed by atoms with Crippen molar-refractivity contribution in [2.75, 3.05) is 0 Å². The number of hydrogen-bond donors (Lipinski definition) is 2. The van der Waals surface area contributed by atoms with Crippen molar-refractivity contribution in [3.63, 3.8) is 0 Å². The van der Waals surface area contributed by atoms with Gasteiger partial charge in [-0.15, -0.1) is 0 Å². The highest BCUT2D eigenvalue weighted by Crippen LogP contribution is 2.34. The lowest BCUT2D eigenvalue weighted by Gasteiger charge is -2.36. The zero-order valence-corrected chi connectivity index (χ0v) is 31.5. The Balaban J connectivity index is 1.35. The van der Waals surface area contributed by atoms with Crippen LogP contribution in [0.15, 0.2) is 106 Å². The van der Waals surface area contributed by atoms with Gasteiger partial charge in [-0.1, -0.05) is 113 Å². The van der Waals surface area contributed by atoms with E-state index < -0.39 is 47.2 Å². The fourth-order valence-electron chi connectivity index (χ4n) is 5.73. The molecular formula is C42H50N2O10. The molecule has 5 rings (SSSR count). The van der Waals surface area contributed by atoms with Gasteiger partial charge >= 0.3 is 11.9 Å². The Labute approximate surface area is 315 Å². The van der Waals surface area contributed by atoms with Crippen LogP contribution in [0.1, 0.15) is 87.1 Å². The van der Waals surface area contributed by atoms with Crippen LogP contribution in [0.2, 0.25) is 0 Å². The molecule has 0 radical (unpaired) electrons. The molecule has 8 atom stereocenters. The Bertz CT molecular complexity index is 1700. The maximum absolute atomic E-state index is 13.2. The molecule has 12 heteroatoms. The molecule has 0 aliphatic carbocycles. The molecule has 4 bridgehead atoms. The van der Waals surface area contributed by atoms with Crippen molar-refractivity contribution in [2.24, 2.45) is 10.8 Å². The third-order valence-electron chi connectivity index (χ3n) is 9.67. The van der Waals surface area contributed by atoms with E-state index in [0.29, 0.717) is 12.8 Å². The fraction of sp³-hybridized carbons (Fsp3) is 0.429. The topological polar surface area (TPSA) is 170 Å². The number of aliphatic hydroxyl groups excluding tert-OH is 2. The van der Waals surface area contributed by atoms with E-state index in [1.165, 1.54) is 12.5 Å². The summed E-state index contributed by atoms with van der Waals surface area (Å²) in [6.45, 7) is 11.0. The van der Waals surface area contributed by atoms with Crippen LogP contribution in [0.25, 0.3) is 12.2 Å². The van der Waals surface area contributed by atoms with Crippen LogP contribution in [0.3, 0.4) is 0 Å². The number of nitrogens with zero attached hydrogens (tertiary/aromatic N) is 2. The van der Waals surface area contributed by atoms with Crippen molar-refractivity contribution in [1.82, 2.24) is 9.97 Å². The van der Waals surface area contributed by atoms with Gasteiger partial charge in [-0.05, 0) is 13.8 Å². The van der Waals surface area contributed by atoms with E-state index >= 15 is 0 Å². The number of allylic oxidation sites excluding steroid dienone is 6. The van der Waals surface area contributed by atoms with Gasteiger partial charge in [0.2, 0.25) is 11.8 Å². The number of oxazole rings is 2. The maximum atomic E-state index is 13.2. The smallest absolute Gasteiger partial charge is 0.360 e. The van der Waals surface area contributed by atoms with Crippen LogP contribution in [0.4, 0.5) is 0 Å². The second-order valence-corrected chi connectivity index (χ2v) is 14.5. The monoisotopic (exact) mass is 742 g/mol. The van der Waals surface area contributed by atoms with Crippen LogP contribution >= 0.6 is 0 Å². The molecule has 0 amide bonds. The number of aromatic nitrogens is 2. The highest BCUT2D eigenvalue weighted by atomic mass is 16.6. The molecule has 12 nitrogen and oxygen atoms in total. The molecule has 2 aromatic heterocycles. The molecule has 0 aromatic carbocycles. The summed E-state index contributed by atoms with van der Waals surface area (Å²) in [6, 6.07) is 0. The van der Waals surface area contributed by atoms with E-state index in [0.717, 1.165) is 0 Å². The summed E-state index contributed by atoms with van der Waals surface area (Å²) in [5, 5.41) is 21.8. The van der Waals surface area contributed by atoms with E-state index in [-0.39, 0.29) is 47.6 Å². The van der Waals surface area contributed by atoms with Crippen molar-refractivity contribution in [2.45, 2.75) is 103 Å². The molecule has 2 saturated heterocycles. The molecule has 54 heavy (non-hydrogen) atoms. The van der Waals surface area contributed by atoms with Gasteiger partial charge in [0.1, 0.15) is 49.2 Å². The van der Waals surface area contributed by atoms with Crippen molar-refractivity contribution in [3.8, 4) is 0 Å². The Morgan fingerprint density at radius 2 is 1.04 bits per heavy atom. The molecule has 2 fully saturated rings. The average molecular weight is 743 g/mol. The first kappa shape index (κ1) is 40.3. The summed E-state index contributed by atoms with van der Waals surface area (Å²) in [5.41, 5.74) is -1.65. The minimum Gasteiger partial charge on any atom is -0.457 e. The number of fused-ring (bicyclic) bond motifs is 6. The van der Waals surface area contributed by atoms with E-state index in [1.54, 1.807) is 60.8 Å². The van der Waals surface area contributed by atoms with Crippen LogP contribution in [0, 0.1) is 10.8 Å². The lowest BCUT2D eigenvalue weighted by Crippen LogP contribution is -2.42. The van der Waals surface area contributed by atoms with Crippen LogP contribution < -0.4 is 0 Å². The molecule has 2 aromatic rings. The summed E-state index contributed by atoms with van der Waals surface area (Å²) < 4.78 is 34.3. The molecule has 2 N–H and O–H groups in total. The Morgan fingerprint density at radius 3 is 1.43 bits per heavy atom.